The SMILES string of the molecule is CCc1cccc2c(Cl)cc(-c3ccccc3)nc12. The van der Waals surface area contributed by atoms with Gasteiger partial charge in [-0.2, -0.15) is 0 Å². The lowest BCUT2D eigenvalue weighted by Gasteiger charge is -2.08. The molecule has 0 aliphatic rings. The van der Waals surface area contributed by atoms with Crippen molar-refractivity contribution in [2.24, 2.45) is 0 Å². The predicted octanol–water partition coefficient (Wildman–Crippen LogP) is 5.12. The van der Waals surface area contributed by atoms with Crippen molar-refractivity contribution < 1.29 is 0 Å². The maximum absolute atomic E-state index is 6.40. The van der Waals surface area contributed by atoms with E-state index in [2.05, 4.69) is 25.1 Å². The molecule has 0 radical (unpaired) electrons. The summed E-state index contributed by atoms with van der Waals surface area (Å²) < 4.78 is 0. The summed E-state index contributed by atoms with van der Waals surface area (Å²) in [6.07, 6.45) is 0.957. The Hall–Kier alpha value is -1.86. The van der Waals surface area contributed by atoms with Crippen LogP contribution in [-0.2, 0) is 6.42 Å². The Bertz CT molecular complexity index is 720. The second-order valence-electron chi connectivity index (χ2n) is 4.52. The first-order valence-electron chi connectivity index (χ1n) is 6.43. The fourth-order valence-corrected chi connectivity index (χ4v) is 2.56. The second-order valence-corrected chi connectivity index (χ2v) is 4.93. The van der Waals surface area contributed by atoms with Gasteiger partial charge in [-0.1, -0.05) is 67.1 Å². The minimum Gasteiger partial charge on any atom is -0.247 e. The summed E-state index contributed by atoms with van der Waals surface area (Å²) in [5.41, 5.74) is 4.27. The van der Waals surface area contributed by atoms with Crippen molar-refractivity contribution in [3.8, 4) is 11.3 Å². The highest BCUT2D eigenvalue weighted by atomic mass is 35.5. The average molecular weight is 268 g/mol. The van der Waals surface area contributed by atoms with Gasteiger partial charge in [0.2, 0.25) is 0 Å². The van der Waals surface area contributed by atoms with Crippen molar-refractivity contribution in [2.45, 2.75) is 13.3 Å². The third kappa shape index (κ3) is 2.22. The molecule has 0 saturated heterocycles. The number of fused-ring (bicyclic) bond motifs is 1. The summed E-state index contributed by atoms with van der Waals surface area (Å²) in [7, 11) is 0. The van der Waals surface area contributed by atoms with Crippen LogP contribution < -0.4 is 0 Å². The van der Waals surface area contributed by atoms with E-state index in [1.54, 1.807) is 0 Å². The maximum atomic E-state index is 6.40. The monoisotopic (exact) mass is 267 g/mol. The van der Waals surface area contributed by atoms with Crippen molar-refractivity contribution in [3.05, 3.63) is 65.2 Å². The zero-order valence-corrected chi connectivity index (χ0v) is 11.5. The smallest absolute Gasteiger partial charge is 0.0756 e. The largest absolute Gasteiger partial charge is 0.247 e. The van der Waals surface area contributed by atoms with Gasteiger partial charge in [0, 0.05) is 10.9 Å². The van der Waals surface area contributed by atoms with Crippen molar-refractivity contribution in [1.29, 1.82) is 0 Å². The summed E-state index contributed by atoms with van der Waals surface area (Å²) in [6, 6.07) is 18.3. The van der Waals surface area contributed by atoms with Crippen LogP contribution in [0.5, 0.6) is 0 Å². The van der Waals surface area contributed by atoms with Gasteiger partial charge < -0.3 is 0 Å². The lowest BCUT2D eigenvalue weighted by Crippen LogP contribution is -1.91. The number of pyridine rings is 1. The van der Waals surface area contributed by atoms with Gasteiger partial charge in [0.15, 0.2) is 0 Å². The van der Waals surface area contributed by atoms with E-state index in [-0.39, 0.29) is 0 Å². The quantitative estimate of drug-likeness (QED) is 0.628. The van der Waals surface area contributed by atoms with E-state index in [0.717, 1.165) is 33.6 Å². The number of benzene rings is 2. The Kier molecular flexibility index (Phi) is 3.22. The number of hydrogen-bond donors (Lipinski definition) is 0. The summed E-state index contributed by atoms with van der Waals surface area (Å²) >= 11 is 6.40. The number of halogens is 1. The Balaban J connectivity index is 2.29. The topological polar surface area (TPSA) is 12.9 Å². The number of para-hydroxylation sites is 1. The van der Waals surface area contributed by atoms with Crippen LogP contribution in [0.1, 0.15) is 12.5 Å². The van der Waals surface area contributed by atoms with Crippen LogP contribution in [0.15, 0.2) is 54.6 Å². The van der Waals surface area contributed by atoms with Gasteiger partial charge in [0.25, 0.3) is 0 Å². The minimum absolute atomic E-state index is 0.763. The number of nitrogens with zero attached hydrogens (tertiary/aromatic N) is 1. The first-order valence-corrected chi connectivity index (χ1v) is 6.81. The fourth-order valence-electron chi connectivity index (χ4n) is 2.31. The van der Waals surface area contributed by atoms with Crippen LogP contribution in [0, 0.1) is 0 Å². The number of hydrogen-bond acceptors (Lipinski definition) is 1. The Labute approximate surface area is 117 Å². The maximum Gasteiger partial charge on any atom is 0.0756 e. The van der Waals surface area contributed by atoms with Crippen molar-refractivity contribution in [1.82, 2.24) is 4.98 Å². The lowest BCUT2D eigenvalue weighted by molar-refractivity contribution is 1.14. The molecule has 1 nitrogen and oxygen atoms in total. The Morgan fingerprint density at radius 3 is 2.53 bits per heavy atom. The Morgan fingerprint density at radius 2 is 1.79 bits per heavy atom. The van der Waals surface area contributed by atoms with Crippen molar-refractivity contribution >= 4 is 22.5 Å². The van der Waals surface area contributed by atoms with Gasteiger partial charge in [0.05, 0.1) is 16.2 Å². The molecule has 0 atom stereocenters. The van der Waals surface area contributed by atoms with Gasteiger partial charge >= 0.3 is 0 Å². The standard InChI is InChI=1S/C17H14ClN/c1-2-12-9-6-10-14-15(18)11-16(19-17(12)14)13-7-4-3-5-8-13/h3-11H,2H2,1H3. The number of aromatic nitrogens is 1. The summed E-state index contributed by atoms with van der Waals surface area (Å²) in [6.45, 7) is 2.14. The summed E-state index contributed by atoms with van der Waals surface area (Å²) in [5, 5.41) is 1.79. The molecule has 0 amide bonds. The molecule has 3 aromatic rings. The lowest BCUT2D eigenvalue weighted by atomic mass is 10.1. The molecule has 0 saturated carbocycles. The third-order valence-electron chi connectivity index (χ3n) is 3.32. The highest BCUT2D eigenvalue weighted by Gasteiger charge is 2.08. The molecule has 2 aromatic carbocycles. The van der Waals surface area contributed by atoms with Crippen LogP contribution in [0.2, 0.25) is 5.02 Å². The zero-order chi connectivity index (χ0) is 13.2. The highest BCUT2D eigenvalue weighted by Crippen LogP contribution is 2.29. The van der Waals surface area contributed by atoms with Gasteiger partial charge in [0.1, 0.15) is 0 Å². The van der Waals surface area contributed by atoms with Crippen molar-refractivity contribution in [2.75, 3.05) is 0 Å². The average Bonchev–Trinajstić information content (AvgIpc) is 2.47. The predicted molar refractivity (Wildman–Crippen MR) is 81.6 cm³/mol. The highest BCUT2D eigenvalue weighted by molar-refractivity contribution is 6.35. The van der Waals surface area contributed by atoms with E-state index in [0.29, 0.717) is 0 Å². The summed E-state index contributed by atoms with van der Waals surface area (Å²) in [4.78, 5) is 4.79. The first kappa shape index (κ1) is 12.2. The van der Waals surface area contributed by atoms with Crippen LogP contribution in [0.3, 0.4) is 0 Å². The van der Waals surface area contributed by atoms with E-state index >= 15 is 0 Å². The van der Waals surface area contributed by atoms with Gasteiger partial charge in [-0.15, -0.1) is 0 Å². The van der Waals surface area contributed by atoms with E-state index in [1.165, 1.54) is 5.56 Å². The van der Waals surface area contributed by atoms with Crippen LogP contribution >= 0.6 is 11.6 Å². The molecule has 1 aromatic heterocycles. The zero-order valence-electron chi connectivity index (χ0n) is 10.7. The number of aryl methyl sites for hydroxylation is 1. The number of rotatable bonds is 2. The molecule has 1 heterocycles. The molecule has 3 rings (SSSR count). The Morgan fingerprint density at radius 1 is 1.00 bits per heavy atom. The molecule has 19 heavy (non-hydrogen) atoms. The van der Waals surface area contributed by atoms with Crippen LogP contribution in [-0.4, -0.2) is 4.98 Å². The minimum atomic E-state index is 0.763. The molecule has 0 fully saturated rings. The molecular formula is C17H14ClN. The van der Waals surface area contributed by atoms with E-state index < -0.39 is 0 Å². The van der Waals surface area contributed by atoms with Crippen LogP contribution in [0.4, 0.5) is 0 Å². The molecule has 0 aliphatic heterocycles. The van der Waals surface area contributed by atoms with Crippen LogP contribution in [0.25, 0.3) is 22.2 Å². The van der Waals surface area contributed by atoms with Gasteiger partial charge in [-0.05, 0) is 18.1 Å². The van der Waals surface area contributed by atoms with Gasteiger partial charge in [-0.3, -0.25) is 0 Å². The third-order valence-corrected chi connectivity index (χ3v) is 3.64. The second kappa shape index (κ2) is 5.02. The molecule has 0 spiro atoms. The molecule has 0 aliphatic carbocycles. The molecule has 2 heteroatoms. The van der Waals surface area contributed by atoms with Crippen molar-refractivity contribution in [3.63, 3.8) is 0 Å². The summed E-state index contributed by atoms with van der Waals surface area (Å²) in [5.74, 6) is 0. The molecule has 94 valence electrons. The van der Waals surface area contributed by atoms with E-state index in [1.807, 2.05) is 36.4 Å². The van der Waals surface area contributed by atoms with Gasteiger partial charge in [-0.25, -0.2) is 4.98 Å². The van der Waals surface area contributed by atoms with E-state index in [4.69, 9.17) is 16.6 Å². The van der Waals surface area contributed by atoms with E-state index in [9.17, 15) is 0 Å². The normalized spacial score (nSPS) is 10.8. The molecule has 0 N–H and O–H groups in total. The molecule has 0 unspecified atom stereocenters. The molecular weight excluding hydrogens is 254 g/mol. The first-order chi connectivity index (χ1) is 9.29. The molecule has 0 bridgehead atoms. The fraction of sp³-hybridized carbons (Fsp3) is 0.118.